The van der Waals surface area contributed by atoms with E-state index < -0.39 is 8.07 Å². The SMILES string of the molecule is CC(N)(CNC(=O)OCC[Si](C)(C)C)CC1CCCCC1. The molecule has 0 radical (unpaired) electrons. The van der Waals surface area contributed by atoms with Gasteiger partial charge in [-0.05, 0) is 25.3 Å². The molecule has 1 aliphatic carbocycles. The van der Waals surface area contributed by atoms with Gasteiger partial charge in [-0.3, -0.25) is 0 Å². The van der Waals surface area contributed by atoms with Crippen molar-refractivity contribution in [2.75, 3.05) is 13.2 Å². The summed E-state index contributed by atoms with van der Waals surface area (Å²) in [5, 5.41) is 2.83. The second-order valence-electron chi connectivity index (χ2n) is 8.16. The van der Waals surface area contributed by atoms with Crippen molar-refractivity contribution in [3.63, 3.8) is 0 Å². The van der Waals surface area contributed by atoms with Gasteiger partial charge in [-0.15, -0.1) is 0 Å². The lowest BCUT2D eigenvalue weighted by atomic mass is 9.80. The van der Waals surface area contributed by atoms with Crippen LogP contribution in [0.2, 0.25) is 25.7 Å². The maximum Gasteiger partial charge on any atom is 0.407 e. The molecular formula is C16H34N2O2Si. The first-order valence-corrected chi connectivity index (χ1v) is 12.1. The Kier molecular flexibility index (Phi) is 7.20. The second kappa shape index (κ2) is 8.18. The summed E-state index contributed by atoms with van der Waals surface area (Å²) in [4.78, 5) is 11.7. The number of nitrogens with one attached hydrogen (secondary N) is 1. The van der Waals surface area contributed by atoms with Crippen LogP contribution in [0.4, 0.5) is 4.79 Å². The topological polar surface area (TPSA) is 64.3 Å². The van der Waals surface area contributed by atoms with Crippen LogP contribution in [-0.2, 0) is 4.74 Å². The van der Waals surface area contributed by atoms with Crippen molar-refractivity contribution in [1.29, 1.82) is 0 Å². The minimum absolute atomic E-state index is 0.325. The van der Waals surface area contributed by atoms with Crippen molar-refractivity contribution in [1.82, 2.24) is 5.32 Å². The third-order valence-corrected chi connectivity index (χ3v) is 5.91. The van der Waals surface area contributed by atoms with E-state index in [1.54, 1.807) is 0 Å². The predicted octanol–water partition coefficient (Wildman–Crippen LogP) is 3.74. The first-order valence-electron chi connectivity index (χ1n) is 8.37. The Hall–Kier alpha value is -0.553. The Morgan fingerprint density at radius 1 is 1.29 bits per heavy atom. The molecule has 1 unspecified atom stereocenters. The Bertz CT molecular complexity index is 321. The Morgan fingerprint density at radius 2 is 1.90 bits per heavy atom. The van der Waals surface area contributed by atoms with Gasteiger partial charge in [0.15, 0.2) is 0 Å². The van der Waals surface area contributed by atoms with Crippen LogP contribution in [-0.4, -0.2) is 32.9 Å². The molecule has 0 aromatic heterocycles. The smallest absolute Gasteiger partial charge is 0.407 e. The predicted molar refractivity (Wildman–Crippen MR) is 91.3 cm³/mol. The Balaban J connectivity index is 2.20. The number of carbonyl (C=O) groups is 1. The van der Waals surface area contributed by atoms with Crippen LogP contribution in [0.15, 0.2) is 0 Å². The minimum atomic E-state index is -1.14. The molecule has 21 heavy (non-hydrogen) atoms. The van der Waals surface area contributed by atoms with Crippen molar-refractivity contribution < 1.29 is 9.53 Å². The lowest BCUT2D eigenvalue weighted by Crippen LogP contribution is -2.49. The quantitative estimate of drug-likeness (QED) is 0.704. The molecule has 1 rings (SSSR count). The zero-order chi connectivity index (χ0) is 15.9. The summed E-state index contributed by atoms with van der Waals surface area (Å²) in [5.41, 5.74) is 6.00. The molecule has 0 saturated heterocycles. The van der Waals surface area contributed by atoms with E-state index in [2.05, 4.69) is 25.0 Å². The second-order valence-corrected chi connectivity index (χ2v) is 13.8. The van der Waals surface area contributed by atoms with E-state index in [4.69, 9.17) is 10.5 Å². The molecule has 1 aliphatic rings. The summed E-state index contributed by atoms with van der Waals surface area (Å²) >= 11 is 0. The number of rotatable bonds is 7. The van der Waals surface area contributed by atoms with Crippen LogP contribution in [0.25, 0.3) is 0 Å². The number of ether oxygens (including phenoxy) is 1. The molecule has 5 heteroatoms. The molecule has 0 bridgehead atoms. The van der Waals surface area contributed by atoms with E-state index in [0.29, 0.717) is 13.2 Å². The highest BCUT2D eigenvalue weighted by atomic mass is 28.3. The summed E-state index contributed by atoms with van der Waals surface area (Å²) in [6, 6.07) is 1.00. The standard InChI is InChI=1S/C16H34N2O2Si/c1-16(17,12-14-8-6-5-7-9-14)13-18-15(19)20-10-11-21(2,3)4/h14H,5-13,17H2,1-4H3,(H,18,19). The number of carbonyl (C=O) groups excluding carboxylic acids is 1. The number of hydrogen-bond acceptors (Lipinski definition) is 3. The fourth-order valence-corrected chi connectivity index (χ4v) is 3.61. The molecule has 4 nitrogen and oxygen atoms in total. The average Bonchev–Trinajstić information content (AvgIpc) is 2.36. The van der Waals surface area contributed by atoms with Gasteiger partial charge >= 0.3 is 6.09 Å². The van der Waals surface area contributed by atoms with Crippen LogP contribution in [0.3, 0.4) is 0 Å². The van der Waals surface area contributed by atoms with Crippen molar-refractivity contribution >= 4 is 14.2 Å². The van der Waals surface area contributed by atoms with Crippen LogP contribution < -0.4 is 11.1 Å². The van der Waals surface area contributed by atoms with Gasteiger partial charge in [0.1, 0.15) is 0 Å². The fourth-order valence-electron chi connectivity index (χ4n) is 2.90. The summed E-state index contributed by atoms with van der Waals surface area (Å²) < 4.78 is 5.23. The highest BCUT2D eigenvalue weighted by Crippen LogP contribution is 2.29. The van der Waals surface area contributed by atoms with Gasteiger partial charge in [0.2, 0.25) is 0 Å². The summed E-state index contributed by atoms with van der Waals surface area (Å²) in [6.45, 7) is 9.87. The van der Waals surface area contributed by atoms with Gasteiger partial charge in [0.05, 0.1) is 6.61 Å². The lowest BCUT2D eigenvalue weighted by molar-refractivity contribution is 0.147. The minimum Gasteiger partial charge on any atom is -0.450 e. The lowest BCUT2D eigenvalue weighted by Gasteiger charge is -2.31. The third kappa shape index (κ3) is 9.14. The summed E-state index contributed by atoms with van der Waals surface area (Å²) in [7, 11) is -1.14. The zero-order valence-corrected chi connectivity index (χ0v) is 15.3. The third-order valence-electron chi connectivity index (χ3n) is 4.20. The van der Waals surface area contributed by atoms with Crippen molar-refractivity contribution in [3.05, 3.63) is 0 Å². The molecule has 0 aromatic rings. The van der Waals surface area contributed by atoms with E-state index in [1.807, 2.05) is 6.92 Å². The Labute approximate surface area is 131 Å². The first kappa shape index (κ1) is 18.5. The van der Waals surface area contributed by atoms with Crippen LogP contribution in [0, 0.1) is 5.92 Å². The monoisotopic (exact) mass is 314 g/mol. The highest BCUT2D eigenvalue weighted by Gasteiger charge is 2.26. The molecule has 0 heterocycles. The molecule has 0 aromatic carbocycles. The van der Waals surface area contributed by atoms with E-state index >= 15 is 0 Å². The number of nitrogens with two attached hydrogens (primary N) is 1. The van der Waals surface area contributed by atoms with Gasteiger partial charge in [-0.1, -0.05) is 51.7 Å². The van der Waals surface area contributed by atoms with Crippen LogP contribution in [0.1, 0.15) is 45.4 Å². The van der Waals surface area contributed by atoms with Crippen molar-refractivity contribution in [2.24, 2.45) is 11.7 Å². The number of hydrogen-bond donors (Lipinski definition) is 2. The fraction of sp³-hybridized carbons (Fsp3) is 0.938. The van der Waals surface area contributed by atoms with Crippen molar-refractivity contribution in [3.8, 4) is 0 Å². The Morgan fingerprint density at radius 3 is 2.48 bits per heavy atom. The highest BCUT2D eigenvalue weighted by molar-refractivity contribution is 6.76. The average molecular weight is 315 g/mol. The normalized spacial score (nSPS) is 19.9. The largest absolute Gasteiger partial charge is 0.450 e. The van der Waals surface area contributed by atoms with Gasteiger partial charge in [-0.25, -0.2) is 4.79 Å². The van der Waals surface area contributed by atoms with Gasteiger partial charge in [0, 0.05) is 20.2 Å². The molecule has 0 aliphatic heterocycles. The maximum atomic E-state index is 11.7. The van der Waals surface area contributed by atoms with Crippen LogP contribution >= 0.6 is 0 Å². The molecular weight excluding hydrogens is 280 g/mol. The molecule has 0 spiro atoms. The molecule has 3 N–H and O–H groups in total. The molecule has 1 atom stereocenters. The maximum absolute atomic E-state index is 11.7. The zero-order valence-electron chi connectivity index (χ0n) is 14.3. The van der Waals surface area contributed by atoms with E-state index in [-0.39, 0.29) is 11.6 Å². The van der Waals surface area contributed by atoms with Gasteiger partial charge < -0.3 is 15.8 Å². The van der Waals surface area contributed by atoms with E-state index in [1.165, 1.54) is 32.1 Å². The summed E-state index contributed by atoms with van der Waals surface area (Å²) in [5.74, 6) is 0.721. The molecule has 1 saturated carbocycles. The van der Waals surface area contributed by atoms with Crippen molar-refractivity contribution in [2.45, 2.75) is 76.7 Å². The van der Waals surface area contributed by atoms with Crippen LogP contribution in [0.5, 0.6) is 0 Å². The van der Waals surface area contributed by atoms with Gasteiger partial charge in [0.25, 0.3) is 0 Å². The summed E-state index contributed by atoms with van der Waals surface area (Å²) in [6.07, 6.45) is 7.25. The number of alkyl carbamates (subject to hydrolysis) is 1. The van der Waals surface area contributed by atoms with E-state index in [0.717, 1.165) is 18.4 Å². The number of amides is 1. The molecule has 124 valence electrons. The van der Waals surface area contributed by atoms with E-state index in [9.17, 15) is 4.79 Å². The molecule has 1 amide bonds. The molecule has 1 fully saturated rings. The van der Waals surface area contributed by atoms with Gasteiger partial charge in [-0.2, -0.15) is 0 Å². The first-order chi connectivity index (χ1) is 9.68.